The first-order valence-corrected chi connectivity index (χ1v) is 6.76. The van der Waals surface area contributed by atoms with Crippen LogP contribution in [-0.2, 0) is 6.42 Å². The minimum Gasteiger partial charge on any atom is -0.313 e. The first-order chi connectivity index (χ1) is 8.60. The molecule has 0 fully saturated rings. The normalized spacial score (nSPS) is 14.5. The Hall–Kier alpha value is -0.960. The molecule has 2 atom stereocenters. The van der Waals surface area contributed by atoms with E-state index in [4.69, 9.17) is 0 Å². The van der Waals surface area contributed by atoms with Gasteiger partial charge in [0.05, 0.1) is 0 Å². The van der Waals surface area contributed by atoms with Crippen LogP contribution in [0.3, 0.4) is 0 Å². The Morgan fingerprint density at radius 3 is 2.56 bits per heavy atom. The summed E-state index contributed by atoms with van der Waals surface area (Å²) in [4.78, 5) is 0. The molecule has 0 aliphatic carbocycles. The number of halogens is 2. The molecule has 1 nitrogen and oxygen atoms in total. The van der Waals surface area contributed by atoms with E-state index in [1.165, 1.54) is 0 Å². The van der Waals surface area contributed by atoms with Crippen LogP contribution >= 0.6 is 0 Å². The van der Waals surface area contributed by atoms with Crippen molar-refractivity contribution in [3.63, 3.8) is 0 Å². The second-order valence-corrected chi connectivity index (χ2v) is 4.86. The Morgan fingerprint density at radius 1 is 1.22 bits per heavy atom. The van der Waals surface area contributed by atoms with Gasteiger partial charge in [0.2, 0.25) is 0 Å². The van der Waals surface area contributed by atoms with Crippen molar-refractivity contribution in [3.05, 3.63) is 35.4 Å². The Kier molecular flexibility index (Phi) is 6.27. The van der Waals surface area contributed by atoms with Crippen molar-refractivity contribution in [1.82, 2.24) is 5.32 Å². The molecule has 18 heavy (non-hydrogen) atoms. The maximum Gasteiger partial charge on any atom is 0.162 e. The number of hydrogen-bond acceptors (Lipinski definition) is 1. The first-order valence-electron chi connectivity index (χ1n) is 6.76. The summed E-state index contributed by atoms with van der Waals surface area (Å²) in [6.07, 6.45) is 2.61. The van der Waals surface area contributed by atoms with E-state index in [1.807, 2.05) is 0 Å². The number of nitrogens with one attached hydrogen (secondary N) is 1. The van der Waals surface area contributed by atoms with E-state index in [2.05, 4.69) is 26.1 Å². The van der Waals surface area contributed by atoms with Crippen molar-refractivity contribution in [2.24, 2.45) is 5.92 Å². The lowest BCUT2D eigenvalue weighted by Gasteiger charge is -2.24. The molecule has 2 unspecified atom stereocenters. The average Bonchev–Trinajstić information content (AvgIpc) is 2.38. The SMILES string of the molecule is CCCNC(Cc1cccc(F)c1F)C(C)CC. The molecule has 0 amide bonds. The summed E-state index contributed by atoms with van der Waals surface area (Å²) in [5.41, 5.74) is 0.462. The van der Waals surface area contributed by atoms with Gasteiger partial charge in [-0.05, 0) is 36.9 Å². The summed E-state index contributed by atoms with van der Waals surface area (Å²) in [7, 11) is 0. The minimum atomic E-state index is -0.758. The van der Waals surface area contributed by atoms with Crippen LogP contribution in [-0.4, -0.2) is 12.6 Å². The van der Waals surface area contributed by atoms with E-state index in [1.54, 1.807) is 12.1 Å². The Labute approximate surface area is 109 Å². The predicted octanol–water partition coefficient (Wildman–Crippen LogP) is 3.92. The van der Waals surface area contributed by atoms with Crippen molar-refractivity contribution in [2.75, 3.05) is 6.54 Å². The van der Waals surface area contributed by atoms with Crippen LogP contribution in [0.25, 0.3) is 0 Å². The van der Waals surface area contributed by atoms with E-state index in [9.17, 15) is 8.78 Å². The fourth-order valence-corrected chi connectivity index (χ4v) is 2.03. The van der Waals surface area contributed by atoms with E-state index in [0.717, 1.165) is 25.5 Å². The zero-order chi connectivity index (χ0) is 13.5. The summed E-state index contributed by atoms with van der Waals surface area (Å²) in [6.45, 7) is 7.27. The van der Waals surface area contributed by atoms with Gasteiger partial charge in [0.15, 0.2) is 11.6 Å². The van der Waals surface area contributed by atoms with Crippen LogP contribution in [0.15, 0.2) is 18.2 Å². The van der Waals surface area contributed by atoms with E-state index in [0.29, 0.717) is 17.9 Å². The zero-order valence-electron chi connectivity index (χ0n) is 11.5. The van der Waals surface area contributed by atoms with Gasteiger partial charge in [-0.3, -0.25) is 0 Å². The number of hydrogen-bond donors (Lipinski definition) is 1. The summed E-state index contributed by atoms with van der Waals surface area (Å²) in [6, 6.07) is 4.60. The van der Waals surface area contributed by atoms with Gasteiger partial charge in [0, 0.05) is 6.04 Å². The van der Waals surface area contributed by atoms with Crippen molar-refractivity contribution in [2.45, 2.75) is 46.1 Å². The van der Waals surface area contributed by atoms with Gasteiger partial charge in [0.25, 0.3) is 0 Å². The number of benzene rings is 1. The Morgan fingerprint density at radius 2 is 1.94 bits per heavy atom. The molecular weight excluding hydrogens is 232 g/mol. The van der Waals surface area contributed by atoms with Crippen LogP contribution in [0.2, 0.25) is 0 Å². The maximum atomic E-state index is 13.6. The third-order valence-corrected chi connectivity index (χ3v) is 3.46. The molecule has 0 aliphatic rings. The number of rotatable bonds is 7. The van der Waals surface area contributed by atoms with Crippen LogP contribution in [0, 0.1) is 17.6 Å². The van der Waals surface area contributed by atoms with Crippen molar-refractivity contribution < 1.29 is 8.78 Å². The first kappa shape index (κ1) is 15.1. The molecular formula is C15H23F2N. The van der Waals surface area contributed by atoms with Crippen LogP contribution in [0.1, 0.15) is 39.2 Å². The third kappa shape index (κ3) is 4.05. The van der Waals surface area contributed by atoms with Gasteiger partial charge in [-0.2, -0.15) is 0 Å². The molecule has 0 aliphatic heterocycles. The fourth-order valence-electron chi connectivity index (χ4n) is 2.03. The smallest absolute Gasteiger partial charge is 0.162 e. The largest absolute Gasteiger partial charge is 0.313 e. The molecule has 0 heterocycles. The lowest BCUT2D eigenvalue weighted by molar-refractivity contribution is 0.359. The van der Waals surface area contributed by atoms with Crippen LogP contribution in [0.4, 0.5) is 8.78 Å². The topological polar surface area (TPSA) is 12.0 Å². The van der Waals surface area contributed by atoms with Crippen LogP contribution < -0.4 is 5.32 Å². The molecule has 0 aromatic heterocycles. The van der Waals surface area contributed by atoms with Gasteiger partial charge in [-0.25, -0.2) is 8.78 Å². The fraction of sp³-hybridized carbons (Fsp3) is 0.600. The molecule has 102 valence electrons. The van der Waals surface area contributed by atoms with Gasteiger partial charge in [-0.15, -0.1) is 0 Å². The molecule has 1 aromatic rings. The van der Waals surface area contributed by atoms with E-state index in [-0.39, 0.29) is 6.04 Å². The molecule has 0 saturated heterocycles. The molecule has 0 bridgehead atoms. The summed E-state index contributed by atoms with van der Waals surface area (Å²) in [5.74, 6) is -1.02. The summed E-state index contributed by atoms with van der Waals surface area (Å²) >= 11 is 0. The maximum absolute atomic E-state index is 13.6. The van der Waals surface area contributed by atoms with Gasteiger partial charge >= 0.3 is 0 Å². The summed E-state index contributed by atoms with van der Waals surface area (Å²) < 4.78 is 26.8. The second-order valence-electron chi connectivity index (χ2n) is 4.86. The highest BCUT2D eigenvalue weighted by Crippen LogP contribution is 2.18. The van der Waals surface area contributed by atoms with Crippen molar-refractivity contribution >= 4 is 0 Å². The highest BCUT2D eigenvalue weighted by Gasteiger charge is 2.18. The second kappa shape index (κ2) is 7.47. The minimum absolute atomic E-state index is 0.200. The van der Waals surface area contributed by atoms with Gasteiger partial charge in [0.1, 0.15) is 0 Å². The van der Waals surface area contributed by atoms with Crippen molar-refractivity contribution in [1.29, 1.82) is 0 Å². The third-order valence-electron chi connectivity index (χ3n) is 3.46. The van der Waals surface area contributed by atoms with Crippen LogP contribution in [0.5, 0.6) is 0 Å². The quantitative estimate of drug-likeness (QED) is 0.778. The van der Waals surface area contributed by atoms with Gasteiger partial charge in [-0.1, -0.05) is 39.3 Å². The highest BCUT2D eigenvalue weighted by molar-refractivity contribution is 5.20. The molecule has 3 heteroatoms. The van der Waals surface area contributed by atoms with E-state index < -0.39 is 11.6 Å². The highest BCUT2D eigenvalue weighted by atomic mass is 19.2. The molecule has 1 rings (SSSR count). The predicted molar refractivity (Wildman–Crippen MR) is 71.6 cm³/mol. The van der Waals surface area contributed by atoms with Crippen molar-refractivity contribution in [3.8, 4) is 0 Å². The summed E-state index contributed by atoms with van der Waals surface area (Å²) in [5, 5.41) is 3.43. The molecule has 1 N–H and O–H groups in total. The molecule has 1 aromatic carbocycles. The molecule has 0 radical (unpaired) electrons. The van der Waals surface area contributed by atoms with Gasteiger partial charge < -0.3 is 5.32 Å². The lowest BCUT2D eigenvalue weighted by Crippen LogP contribution is -2.37. The monoisotopic (exact) mass is 255 g/mol. The Balaban J connectivity index is 2.78. The molecule has 0 spiro atoms. The lowest BCUT2D eigenvalue weighted by atomic mass is 9.92. The zero-order valence-corrected chi connectivity index (χ0v) is 11.5. The average molecular weight is 255 g/mol. The molecule has 0 saturated carbocycles. The standard InChI is InChI=1S/C15H23F2N/c1-4-9-18-14(11(3)5-2)10-12-7-6-8-13(16)15(12)17/h6-8,11,14,18H,4-5,9-10H2,1-3H3. The Bertz CT molecular complexity index is 366. The van der Waals surface area contributed by atoms with E-state index >= 15 is 0 Å².